The number of aliphatic hydroxyl groups excluding tert-OH is 1. The fraction of sp³-hybridized carbons (Fsp3) is 0.360. The molecular weight excluding hydrogens is 494 g/mol. The number of anilines is 3. The summed E-state index contributed by atoms with van der Waals surface area (Å²) in [5, 5.41) is 20.4. The summed E-state index contributed by atoms with van der Waals surface area (Å²) in [6.45, 7) is 0. The summed E-state index contributed by atoms with van der Waals surface area (Å²) < 4.78 is 31.6. The Morgan fingerprint density at radius 1 is 1.03 bits per heavy atom. The van der Waals surface area contributed by atoms with Crippen LogP contribution in [-0.4, -0.2) is 55.1 Å². The monoisotopic (exact) mass is 521 g/mol. The second-order valence-electron chi connectivity index (χ2n) is 9.48. The van der Waals surface area contributed by atoms with Gasteiger partial charge in [-0.1, -0.05) is 0 Å². The van der Waals surface area contributed by atoms with E-state index >= 15 is 0 Å². The first kappa shape index (κ1) is 23.6. The number of nitrogens with zero attached hydrogens (tertiary/aromatic N) is 5. The zero-order valence-electron chi connectivity index (χ0n) is 20.0. The summed E-state index contributed by atoms with van der Waals surface area (Å²) in [6.07, 6.45) is 12.3. The molecule has 3 N–H and O–H groups in total. The van der Waals surface area contributed by atoms with E-state index in [4.69, 9.17) is 4.42 Å². The Kier molecular flexibility index (Phi) is 6.13. The van der Waals surface area contributed by atoms with Crippen LogP contribution in [0.2, 0.25) is 0 Å². The van der Waals surface area contributed by atoms with Crippen molar-refractivity contribution in [3.05, 3.63) is 55.3 Å². The molecule has 0 bridgehead atoms. The Balaban J connectivity index is 1.24. The molecule has 0 radical (unpaired) electrons. The molecule has 0 unspecified atom stereocenters. The van der Waals surface area contributed by atoms with Crippen molar-refractivity contribution in [2.24, 2.45) is 0 Å². The predicted molar refractivity (Wildman–Crippen MR) is 138 cm³/mol. The third kappa shape index (κ3) is 5.07. The minimum absolute atomic E-state index is 0.231. The molecule has 12 heteroatoms. The van der Waals surface area contributed by atoms with E-state index in [2.05, 4.69) is 30.7 Å². The van der Waals surface area contributed by atoms with Crippen molar-refractivity contribution in [3.8, 4) is 22.7 Å². The molecule has 2 aliphatic carbocycles. The quantitative estimate of drug-likeness (QED) is 0.313. The van der Waals surface area contributed by atoms with E-state index in [0.717, 1.165) is 41.0 Å². The van der Waals surface area contributed by atoms with Gasteiger partial charge < -0.3 is 20.2 Å². The highest BCUT2D eigenvalue weighted by Gasteiger charge is 2.37. The lowest BCUT2D eigenvalue weighted by Gasteiger charge is -2.27. The van der Waals surface area contributed by atoms with Crippen LogP contribution in [0.1, 0.15) is 38.5 Å². The normalized spacial score (nSPS) is 20.0. The van der Waals surface area contributed by atoms with Crippen molar-refractivity contribution in [2.45, 2.75) is 55.9 Å². The Hall–Kier alpha value is -3.77. The van der Waals surface area contributed by atoms with E-state index in [1.165, 1.54) is 12.4 Å². The Bertz CT molecular complexity index is 1490. The van der Waals surface area contributed by atoms with Crippen molar-refractivity contribution >= 4 is 27.3 Å². The van der Waals surface area contributed by atoms with Crippen LogP contribution in [0.3, 0.4) is 0 Å². The van der Waals surface area contributed by atoms with Gasteiger partial charge in [-0.15, -0.1) is 0 Å². The highest BCUT2D eigenvalue weighted by Crippen LogP contribution is 2.33. The van der Waals surface area contributed by atoms with Gasteiger partial charge in [0.15, 0.2) is 5.82 Å². The molecule has 2 fully saturated rings. The number of furan rings is 1. The summed E-state index contributed by atoms with van der Waals surface area (Å²) in [5.41, 5.74) is 2.22. The van der Waals surface area contributed by atoms with Crippen LogP contribution in [-0.2, 0) is 10.0 Å². The zero-order valence-corrected chi connectivity index (χ0v) is 20.8. The fourth-order valence-corrected chi connectivity index (χ4v) is 5.96. The fourth-order valence-electron chi connectivity index (χ4n) is 4.49. The second-order valence-corrected chi connectivity index (χ2v) is 11.5. The molecule has 37 heavy (non-hydrogen) atoms. The van der Waals surface area contributed by atoms with Gasteiger partial charge in [0.2, 0.25) is 0 Å². The highest BCUT2D eigenvalue weighted by atomic mass is 32.2. The van der Waals surface area contributed by atoms with Crippen LogP contribution in [0.5, 0.6) is 0 Å². The lowest BCUT2D eigenvalue weighted by molar-refractivity contribution is 0.126. The van der Waals surface area contributed by atoms with Crippen LogP contribution in [0.4, 0.5) is 17.3 Å². The lowest BCUT2D eigenvalue weighted by Crippen LogP contribution is -2.28. The molecule has 0 spiro atoms. The molecule has 4 aromatic heterocycles. The Morgan fingerprint density at radius 3 is 2.62 bits per heavy atom. The third-order valence-corrected chi connectivity index (χ3v) is 8.72. The van der Waals surface area contributed by atoms with E-state index < -0.39 is 10.0 Å². The first-order valence-corrected chi connectivity index (χ1v) is 13.8. The first-order chi connectivity index (χ1) is 18.0. The molecule has 0 aliphatic heterocycles. The van der Waals surface area contributed by atoms with E-state index in [-0.39, 0.29) is 17.4 Å². The van der Waals surface area contributed by atoms with Gasteiger partial charge >= 0.3 is 0 Å². The van der Waals surface area contributed by atoms with Gasteiger partial charge in [-0.25, -0.2) is 23.4 Å². The van der Waals surface area contributed by atoms with Crippen LogP contribution < -0.4 is 10.6 Å². The third-order valence-electron chi connectivity index (χ3n) is 6.68. The molecule has 0 amide bonds. The lowest BCUT2D eigenvalue weighted by atomic mass is 9.93. The average molecular weight is 522 g/mol. The SMILES string of the molecule is O=S(=O)(C1CC1)n1cc(-c2nccc(Nc3cc(NC4CCC(O)CC4)c(-c4ccco4)cn3)n2)cn1. The molecule has 11 nitrogen and oxygen atoms in total. The van der Waals surface area contributed by atoms with Crippen LogP contribution in [0.15, 0.2) is 59.7 Å². The molecule has 0 saturated heterocycles. The summed E-state index contributed by atoms with van der Waals surface area (Å²) in [7, 11) is -3.46. The minimum Gasteiger partial charge on any atom is -0.464 e. The Morgan fingerprint density at radius 2 is 1.86 bits per heavy atom. The van der Waals surface area contributed by atoms with Gasteiger partial charge in [0.1, 0.15) is 17.4 Å². The smallest absolute Gasteiger partial charge is 0.256 e. The number of nitrogens with one attached hydrogen (secondary N) is 2. The van der Waals surface area contributed by atoms with Crippen molar-refractivity contribution in [1.29, 1.82) is 0 Å². The van der Waals surface area contributed by atoms with Crippen LogP contribution in [0, 0.1) is 0 Å². The van der Waals surface area contributed by atoms with E-state index in [0.29, 0.717) is 41.6 Å². The van der Waals surface area contributed by atoms with Crippen LogP contribution in [0.25, 0.3) is 22.7 Å². The maximum Gasteiger partial charge on any atom is 0.256 e. The number of hydrogen-bond donors (Lipinski definition) is 3. The number of aliphatic hydroxyl groups is 1. The summed E-state index contributed by atoms with van der Waals surface area (Å²) in [5.74, 6) is 2.14. The minimum atomic E-state index is -3.46. The van der Waals surface area contributed by atoms with Gasteiger partial charge in [-0.05, 0) is 56.7 Å². The molecule has 192 valence electrons. The van der Waals surface area contributed by atoms with Crippen molar-refractivity contribution in [1.82, 2.24) is 24.1 Å². The molecule has 2 saturated carbocycles. The standard InChI is InChI=1S/C25H27N7O4S/c33-18-5-3-17(4-6-18)29-21-12-24(27-14-20(21)22-2-1-11-36-22)30-23-9-10-26-25(31-23)16-13-28-32(15-16)37(34,35)19-7-8-19/h1-2,9-15,17-19,33H,3-8H2,(H2,26,27,29,30,31). The van der Waals surface area contributed by atoms with Crippen LogP contribution >= 0.6 is 0 Å². The van der Waals surface area contributed by atoms with Gasteiger partial charge in [0.05, 0.1) is 46.8 Å². The van der Waals surface area contributed by atoms with Crippen molar-refractivity contribution in [3.63, 3.8) is 0 Å². The first-order valence-electron chi connectivity index (χ1n) is 12.3. The molecular formula is C25H27N7O4S. The molecule has 0 atom stereocenters. The average Bonchev–Trinajstić information content (AvgIpc) is 3.40. The highest BCUT2D eigenvalue weighted by molar-refractivity contribution is 7.90. The largest absolute Gasteiger partial charge is 0.464 e. The number of pyridine rings is 1. The van der Waals surface area contributed by atoms with Gasteiger partial charge in [0, 0.05) is 24.5 Å². The van der Waals surface area contributed by atoms with Gasteiger partial charge in [-0.2, -0.15) is 9.19 Å². The second kappa shape index (κ2) is 9.60. The summed E-state index contributed by atoms with van der Waals surface area (Å²) in [6, 6.07) is 7.59. The number of rotatable bonds is 8. The molecule has 4 aromatic rings. The maximum absolute atomic E-state index is 12.5. The topological polar surface area (TPSA) is 148 Å². The van der Waals surface area contributed by atoms with E-state index in [9.17, 15) is 13.5 Å². The summed E-state index contributed by atoms with van der Waals surface area (Å²) in [4.78, 5) is 13.4. The van der Waals surface area contributed by atoms with E-state index in [1.54, 1.807) is 24.7 Å². The van der Waals surface area contributed by atoms with E-state index in [1.807, 2.05) is 18.2 Å². The zero-order chi connectivity index (χ0) is 25.4. The Labute approximate surface area is 214 Å². The van der Waals surface area contributed by atoms with Crippen molar-refractivity contribution in [2.75, 3.05) is 10.6 Å². The molecule has 2 aliphatic rings. The molecule has 6 rings (SSSR count). The molecule has 4 heterocycles. The number of aromatic nitrogens is 5. The predicted octanol–water partition coefficient (Wildman–Crippen LogP) is 3.79. The van der Waals surface area contributed by atoms with Gasteiger partial charge in [0.25, 0.3) is 10.0 Å². The van der Waals surface area contributed by atoms with Gasteiger partial charge in [-0.3, -0.25) is 0 Å². The number of hydrogen-bond acceptors (Lipinski definition) is 10. The molecule has 0 aromatic carbocycles. The summed E-state index contributed by atoms with van der Waals surface area (Å²) >= 11 is 0. The van der Waals surface area contributed by atoms with Crippen molar-refractivity contribution < 1.29 is 17.9 Å². The maximum atomic E-state index is 12.5.